The highest BCUT2D eigenvalue weighted by Crippen LogP contribution is 2.44. The highest BCUT2D eigenvalue weighted by molar-refractivity contribution is 7.98. The Bertz CT molecular complexity index is 1490. The minimum Gasteiger partial charge on any atom is -0.268 e. The van der Waals surface area contributed by atoms with Gasteiger partial charge in [-0.2, -0.15) is 0 Å². The Morgan fingerprint density at radius 1 is 1.12 bits per heavy atom. The molecule has 0 bridgehead atoms. The van der Waals surface area contributed by atoms with Gasteiger partial charge in [-0.1, -0.05) is 42.1 Å². The zero-order chi connectivity index (χ0) is 23.2. The van der Waals surface area contributed by atoms with Crippen LogP contribution in [0.2, 0.25) is 0 Å². The van der Waals surface area contributed by atoms with Gasteiger partial charge in [-0.05, 0) is 59.5 Å². The summed E-state index contributed by atoms with van der Waals surface area (Å²) in [5.74, 6) is 0.958. The summed E-state index contributed by atoms with van der Waals surface area (Å²) in [7, 11) is -0.475. The molecule has 0 radical (unpaired) electrons. The normalized spacial score (nSPS) is 14.3. The third-order valence-electron chi connectivity index (χ3n) is 5.68. The number of para-hydroxylation sites is 1. The lowest BCUT2D eigenvalue weighted by atomic mass is 10.1. The first-order valence-electron chi connectivity index (χ1n) is 10.6. The van der Waals surface area contributed by atoms with Gasteiger partial charge < -0.3 is 0 Å². The number of thiophene rings is 1. The fourth-order valence-corrected chi connectivity index (χ4v) is 6.73. The summed E-state index contributed by atoms with van der Waals surface area (Å²) in [5, 5.41) is 3.41. The highest BCUT2D eigenvalue weighted by Gasteiger charge is 2.29. The van der Waals surface area contributed by atoms with E-state index in [-0.39, 0.29) is 10.5 Å². The lowest BCUT2D eigenvalue weighted by Crippen LogP contribution is -2.22. The lowest BCUT2D eigenvalue weighted by molar-refractivity contribution is 0.520. The summed E-state index contributed by atoms with van der Waals surface area (Å²) < 4.78 is 27.9. The van der Waals surface area contributed by atoms with Gasteiger partial charge in [-0.3, -0.25) is 9.36 Å². The number of sulfonamides is 1. The van der Waals surface area contributed by atoms with Gasteiger partial charge in [0, 0.05) is 19.8 Å². The van der Waals surface area contributed by atoms with Crippen molar-refractivity contribution in [1.82, 2.24) is 13.9 Å². The Balaban J connectivity index is 1.56. The van der Waals surface area contributed by atoms with Crippen LogP contribution in [-0.2, 0) is 15.8 Å². The molecule has 1 saturated carbocycles. The van der Waals surface area contributed by atoms with Gasteiger partial charge in [0.25, 0.3) is 5.56 Å². The van der Waals surface area contributed by atoms with Gasteiger partial charge in [-0.15, -0.1) is 11.3 Å². The molecule has 9 heteroatoms. The van der Waals surface area contributed by atoms with E-state index in [0.29, 0.717) is 16.8 Å². The molecule has 0 atom stereocenters. The van der Waals surface area contributed by atoms with Crippen LogP contribution in [0.3, 0.4) is 0 Å². The van der Waals surface area contributed by atoms with Crippen LogP contribution in [0.25, 0.3) is 15.9 Å². The van der Waals surface area contributed by atoms with Crippen molar-refractivity contribution < 1.29 is 8.42 Å². The number of benzene rings is 2. The van der Waals surface area contributed by atoms with Crippen molar-refractivity contribution in [2.75, 3.05) is 14.1 Å². The van der Waals surface area contributed by atoms with Crippen LogP contribution in [0, 0.1) is 0 Å². The summed E-state index contributed by atoms with van der Waals surface area (Å²) in [6.45, 7) is 0. The van der Waals surface area contributed by atoms with Crippen molar-refractivity contribution in [3.63, 3.8) is 0 Å². The molecule has 0 N–H and O–H groups in total. The van der Waals surface area contributed by atoms with E-state index in [1.165, 1.54) is 41.5 Å². The van der Waals surface area contributed by atoms with E-state index < -0.39 is 10.0 Å². The van der Waals surface area contributed by atoms with Crippen molar-refractivity contribution >= 4 is 43.3 Å². The molecule has 0 amide bonds. The van der Waals surface area contributed by atoms with Crippen LogP contribution in [0.4, 0.5) is 0 Å². The minimum absolute atomic E-state index is 0.0409. The van der Waals surface area contributed by atoms with E-state index in [0.717, 1.165) is 39.9 Å². The van der Waals surface area contributed by atoms with Crippen LogP contribution >= 0.6 is 23.1 Å². The van der Waals surface area contributed by atoms with Crippen LogP contribution in [0.1, 0.15) is 29.9 Å². The van der Waals surface area contributed by atoms with Crippen molar-refractivity contribution in [2.24, 2.45) is 0 Å². The number of hydrogen-bond acceptors (Lipinski definition) is 6. The molecule has 6 nitrogen and oxygen atoms in total. The van der Waals surface area contributed by atoms with E-state index in [2.05, 4.69) is 5.38 Å². The van der Waals surface area contributed by atoms with E-state index in [1.807, 2.05) is 36.4 Å². The topological polar surface area (TPSA) is 72.3 Å². The summed E-state index contributed by atoms with van der Waals surface area (Å²) >= 11 is 2.96. The molecule has 5 rings (SSSR count). The summed E-state index contributed by atoms with van der Waals surface area (Å²) in [5.41, 5.74) is 2.70. The van der Waals surface area contributed by atoms with Gasteiger partial charge in [0.05, 0.1) is 16.0 Å². The Labute approximate surface area is 201 Å². The second-order valence-corrected chi connectivity index (χ2v) is 12.2. The Kier molecular flexibility index (Phi) is 5.90. The molecule has 4 aromatic rings. The molecule has 170 valence electrons. The number of rotatable bonds is 7. The van der Waals surface area contributed by atoms with Gasteiger partial charge in [0.2, 0.25) is 10.0 Å². The number of aromatic nitrogens is 2. The predicted octanol–water partition coefficient (Wildman–Crippen LogP) is 4.87. The van der Waals surface area contributed by atoms with Crippen LogP contribution in [0.15, 0.2) is 74.8 Å². The molecular weight excluding hydrogens is 474 g/mol. The summed E-state index contributed by atoms with van der Waals surface area (Å²) in [4.78, 5) is 19.6. The number of fused-ring (bicyclic) bond motifs is 1. The maximum atomic E-state index is 13.7. The Hall–Kier alpha value is -2.46. The first-order chi connectivity index (χ1) is 15.9. The first kappa shape index (κ1) is 22.3. The number of hydrogen-bond donors (Lipinski definition) is 0. The van der Waals surface area contributed by atoms with Crippen LogP contribution < -0.4 is 5.56 Å². The molecule has 2 aromatic carbocycles. The van der Waals surface area contributed by atoms with E-state index in [1.54, 1.807) is 22.8 Å². The fraction of sp³-hybridized carbons (Fsp3) is 0.250. The van der Waals surface area contributed by atoms with Gasteiger partial charge in [0.1, 0.15) is 4.83 Å². The molecule has 33 heavy (non-hydrogen) atoms. The fourth-order valence-electron chi connectivity index (χ4n) is 3.74. The van der Waals surface area contributed by atoms with Crippen molar-refractivity contribution in [1.29, 1.82) is 0 Å². The molecule has 1 aliphatic carbocycles. The van der Waals surface area contributed by atoms with Crippen molar-refractivity contribution in [3.8, 4) is 5.69 Å². The van der Waals surface area contributed by atoms with E-state index in [9.17, 15) is 13.2 Å². The number of thioether (sulfide) groups is 1. The molecule has 0 unspecified atom stereocenters. The zero-order valence-electron chi connectivity index (χ0n) is 18.3. The van der Waals surface area contributed by atoms with Crippen LogP contribution in [0.5, 0.6) is 0 Å². The minimum atomic E-state index is -3.51. The average Bonchev–Trinajstić information content (AvgIpc) is 3.57. The monoisotopic (exact) mass is 497 g/mol. The molecule has 1 aliphatic rings. The molecular formula is C24H23N3O3S3. The summed E-state index contributed by atoms with van der Waals surface area (Å²) in [6, 6.07) is 16.5. The molecule has 0 saturated heterocycles. The average molecular weight is 498 g/mol. The maximum absolute atomic E-state index is 13.7. The Morgan fingerprint density at radius 2 is 1.88 bits per heavy atom. The largest absolute Gasteiger partial charge is 0.268 e. The summed E-state index contributed by atoms with van der Waals surface area (Å²) in [6.07, 6.45) is 2.25. The number of nitrogens with zero attached hydrogens (tertiary/aromatic N) is 3. The maximum Gasteiger partial charge on any atom is 0.267 e. The molecule has 0 aliphatic heterocycles. The first-order valence-corrected chi connectivity index (χ1v) is 13.9. The predicted molar refractivity (Wildman–Crippen MR) is 134 cm³/mol. The van der Waals surface area contributed by atoms with Crippen molar-refractivity contribution in [2.45, 2.75) is 34.6 Å². The second kappa shape index (κ2) is 8.72. The molecule has 2 heterocycles. The van der Waals surface area contributed by atoms with E-state index >= 15 is 0 Å². The highest BCUT2D eigenvalue weighted by atomic mass is 32.2. The smallest absolute Gasteiger partial charge is 0.267 e. The third-order valence-corrected chi connectivity index (χ3v) is 9.39. The van der Waals surface area contributed by atoms with Gasteiger partial charge >= 0.3 is 0 Å². The van der Waals surface area contributed by atoms with E-state index in [4.69, 9.17) is 4.98 Å². The Morgan fingerprint density at radius 3 is 2.58 bits per heavy atom. The molecule has 1 fully saturated rings. The molecule has 0 spiro atoms. The molecule has 2 aromatic heterocycles. The van der Waals surface area contributed by atoms with Crippen LogP contribution in [-0.4, -0.2) is 36.4 Å². The third kappa shape index (κ3) is 4.26. The second-order valence-electron chi connectivity index (χ2n) is 8.24. The van der Waals surface area contributed by atoms with Crippen molar-refractivity contribution in [3.05, 3.63) is 81.5 Å². The van der Waals surface area contributed by atoms with Gasteiger partial charge in [-0.25, -0.2) is 17.7 Å². The quantitative estimate of drug-likeness (QED) is 0.269. The standard InChI is InChI=1S/C24H23N3O3S3/c1-26(2)33(29,30)19-10-6-7-16(13-19)14-32-24-25-22-21(20(15-31-22)17-11-12-17)23(28)27(24)18-8-4-3-5-9-18/h3-10,13,15,17H,11-12,14H2,1-2H3. The lowest BCUT2D eigenvalue weighted by Gasteiger charge is -2.14. The SMILES string of the molecule is CN(C)S(=O)(=O)c1cccc(CSc2nc3scc(C4CC4)c3c(=O)n2-c2ccccc2)c1. The zero-order valence-corrected chi connectivity index (χ0v) is 20.7. The van der Waals surface area contributed by atoms with Gasteiger partial charge in [0.15, 0.2) is 5.16 Å².